The maximum Gasteiger partial charge on any atom is 0.338 e. The second kappa shape index (κ2) is 15.7. The zero-order valence-electron chi connectivity index (χ0n) is 24.1. The van der Waals surface area contributed by atoms with Crippen molar-refractivity contribution in [1.29, 1.82) is 0 Å². The number of allylic oxidation sites excluding steroid dienone is 1. The number of hydrazone groups is 1. The molecule has 10 nitrogen and oxygen atoms in total. The van der Waals surface area contributed by atoms with Gasteiger partial charge in [0.1, 0.15) is 12.4 Å². The molecule has 3 aromatic carbocycles. The standard InChI is InChI=1S/C31H30ClIN4O6S/c1-4-41-30(39)27-18(2)35-31(44)36-28(27)22-7-5-6-8-24(22)42-17-26(38)37-34-15-20-13-23(32)29(25(14-20)40-3)43-16-19-9-11-21(33)12-10-19/h5-15,28H,4,16-17H2,1-3H3,(H,37,38)(H2,35,36,44)/t28-/m1/s1. The van der Waals surface area contributed by atoms with Crippen molar-refractivity contribution in [2.24, 2.45) is 5.10 Å². The van der Waals surface area contributed by atoms with Crippen LogP contribution in [0.1, 0.15) is 36.6 Å². The number of para-hydroxylation sites is 1. The molecule has 0 spiro atoms. The minimum atomic E-state index is -0.636. The Morgan fingerprint density at radius 2 is 1.86 bits per heavy atom. The molecule has 13 heteroatoms. The molecule has 0 bridgehead atoms. The number of benzene rings is 3. The summed E-state index contributed by atoms with van der Waals surface area (Å²) in [6.07, 6.45) is 1.43. The van der Waals surface area contributed by atoms with Crippen LogP contribution in [0.2, 0.25) is 5.02 Å². The van der Waals surface area contributed by atoms with Gasteiger partial charge in [0.15, 0.2) is 23.2 Å². The van der Waals surface area contributed by atoms with Crippen molar-refractivity contribution in [2.45, 2.75) is 26.5 Å². The first-order chi connectivity index (χ1) is 21.2. The molecule has 4 rings (SSSR count). The maximum absolute atomic E-state index is 12.7. The van der Waals surface area contributed by atoms with Gasteiger partial charge in [-0.2, -0.15) is 5.10 Å². The molecule has 0 aliphatic carbocycles. The van der Waals surface area contributed by atoms with Gasteiger partial charge in [0.2, 0.25) is 0 Å². The topological polar surface area (TPSA) is 120 Å². The highest BCUT2D eigenvalue weighted by atomic mass is 127. The molecule has 0 fully saturated rings. The molecule has 0 saturated heterocycles. The highest BCUT2D eigenvalue weighted by Gasteiger charge is 2.32. The number of carbonyl (C=O) groups excluding carboxylic acids is 2. The van der Waals surface area contributed by atoms with Crippen molar-refractivity contribution in [3.05, 3.63) is 97.2 Å². The number of rotatable bonds is 12. The van der Waals surface area contributed by atoms with Gasteiger partial charge in [0.05, 0.1) is 36.6 Å². The van der Waals surface area contributed by atoms with E-state index in [2.05, 4.69) is 43.8 Å². The summed E-state index contributed by atoms with van der Waals surface area (Å²) in [7, 11) is 1.51. The lowest BCUT2D eigenvalue weighted by molar-refractivity contribution is -0.139. The third-order valence-corrected chi connectivity index (χ3v) is 7.52. The van der Waals surface area contributed by atoms with E-state index in [1.165, 1.54) is 13.3 Å². The first kappa shape index (κ1) is 33.0. The number of nitrogens with zero attached hydrogens (tertiary/aromatic N) is 1. The van der Waals surface area contributed by atoms with Crippen LogP contribution in [0, 0.1) is 3.57 Å². The van der Waals surface area contributed by atoms with Crippen molar-refractivity contribution in [1.82, 2.24) is 16.1 Å². The molecule has 230 valence electrons. The SMILES string of the molecule is CCOC(=O)C1=C(C)NC(=S)N[C@@H]1c1ccccc1OCC(=O)NN=Cc1cc(Cl)c(OCc2ccc(I)cc2)c(OC)c1. The molecule has 1 atom stereocenters. The van der Waals surface area contributed by atoms with Gasteiger partial charge in [-0.3, -0.25) is 4.79 Å². The highest BCUT2D eigenvalue weighted by molar-refractivity contribution is 14.1. The second-order valence-corrected chi connectivity index (χ2v) is 11.4. The second-order valence-electron chi connectivity index (χ2n) is 9.36. The molecule has 44 heavy (non-hydrogen) atoms. The lowest BCUT2D eigenvalue weighted by atomic mass is 9.95. The third-order valence-electron chi connectivity index (χ3n) is 6.30. The number of methoxy groups -OCH3 is 1. The van der Waals surface area contributed by atoms with Crippen molar-refractivity contribution >= 4 is 69.6 Å². The van der Waals surface area contributed by atoms with E-state index in [-0.39, 0.29) is 13.2 Å². The number of ether oxygens (including phenoxy) is 4. The molecule has 1 aliphatic rings. The van der Waals surface area contributed by atoms with Gasteiger partial charge in [0.25, 0.3) is 5.91 Å². The molecular formula is C31H30ClIN4O6S. The summed E-state index contributed by atoms with van der Waals surface area (Å²) in [4.78, 5) is 25.3. The van der Waals surface area contributed by atoms with Gasteiger partial charge in [-0.25, -0.2) is 10.2 Å². The molecule has 0 radical (unpaired) electrons. The van der Waals surface area contributed by atoms with Crippen LogP contribution in [-0.4, -0.2) is 43.5 Å². The van der Waals surface area contributed by atoms with Gasteiger partial charge < -0.3 is 29.6 Å². The Balaban J connectivity index is 1.39. The van der Waals surface area contributed by atoms with E-state index in [1.54, 1.807) is 50.2 Å². The number of amides is 1. The number of hydrogen-bond donors (Lipinski definition) is 3. The summed E-state index contributed by atoms with van der Waals surface area (Å²) in [5.74, 6) is 0.231. The number of hydrogen-bond acceptors (Lipinski definition) is 8. The number of thiocarbonyl (C=S) groups is 1. The highest BCUT2D eigenvalue weighted by Crippen LogP contribution is 2.37. The molecule has 0 unspecified atom stereocenters. The van der Waals surface area contributed by atoms with Gasteiger partial charge in [-0.05, 0) is 90.1 Å². The fourth-order valence-corrected chi connectivity index (χ4v) is 5.21. The van der Waals surface area contributed by atoms with Gasteiger partial charge in [-0.1, -0.05) is 41.9 Å². The van der Waals surface area contributed by atoms with Crippen LogP contribution < -0.4 is 30.3 Å². The summed E-state index contributed by atoms with van der Waals surface area (Å²) in [5, 5.41) is 10.8. The molecule has 3 N–H and O–H groups in total. The van der Waals surface area contributed by atoms with Crippen LogP contribution in [-0.2, 0) is 20.9 Å². The number of halogens is 2. The predicted octanol–water partition coefficient (Wildman–Crippen LogP) is 5.42. The fraction of sp³-hybridized carbons (Fsp3) is 0.226. The quantitative estimate of drug-likeness (QED) is 0.0734. The Hall–Kier alpha value is -3.88. The Labute approximate surface area is 279 Å². The lowest BCUT2D eigenvalue weighted by Crippen LogP contribution is -2.45. The number of nitrogens with one attached hydrogen (secondary N) is 3. The van der Waals surface area contributed by atoms with Crippen LogP contribution in [0.3, 0.4) is 0 Å². The van der Waals surface area contributed by atoms with E-state index < -0.39 is 17.9 Å². The number of esters is 1. The molecule has 1 aliphatic heterocycles. The van der Waals surface area contributed by atoms with E-state index in [0.717, 1.165) is 9.13 Å². The smallest absolute Gasteiger partial charge is 0.338 e. The third kappa shape index (κ3) is 8.61. The van der Waals surface area contributed by atoms with E-state index in [4.69, 9.17) is 42.8 Å². The molecule has 1 amide bonds. The van der Waals surface area contributed by atoms with Crippen LogP contribution >= 0.6 is 46.4 Å². The van der Waals surface area contributed by atoms with Crippen molar-refractivity contribution in [3.63, 3.8) is 0 Å². The average Bonchev–Trinajstić information content (AvgIpc) is 3.00. The molecule has 3 aromatic rings. The summed E-state index contributed by atoms with van der Waals surface area (Å²) in [6, 6.07) is 17.7. The Morgan fingerprint density at radius 3 is 2.59 bits per heavy atom. The first-order valence-corrected chi connectivity index (χ1v) is 15.3. The van der Waals surface area contributed by atoms with Crippen LogP contribution in [0.4, 0.5) is 0 Å². The van der Waals surface area contributed by atoms with Gasteiger partial charge in [-0.15, -0.1) is 0 Å². The Kier molecular flexibility index (Phi) is 11.8. The van der Waals surface area contributed by atoms with Crippen molar-refractivity contribution < 1.29 is 28.5 Å². The van der Waals surface area contributed by atoms with Crippen LogP contribution in [0.5, 0.6) is 17.2 Å². The Morgan fingerprint density at radius 1 is 1.11 bits per heavy atom. The van der Waals surface area contributed by atoms with Crippen molar-refractivity contribution in [3.8, 4) is 17.2 Å². The lowest BCUT2D eigenvalue weighted by Gasteiger charge is -2.30. The Bertz CT molecular complexity index is 1600. The number of carbonyl (C=O) groups is 2. The minimum Gasteiger partial charge on any atom is -0.493 e. The predicted molar refractivity (Wildman–Crippen MR) is 180 cm³/mol. The zero-order valence-corrected chi connectivity index (χ0v) is 27.8. The molecular weight excluding hydrogens is 719 g/mol. The fourth-order valence-electron chi connectivity index (χ4n) is 4.30. The summed E-state index contributed by atoms with van der Waals surface area (Å²) < 4.78 is 23.6. The van der Waals surface area contributed by atoms with E-state index >= 15 is 0 Å². The van der Waals surface area contributed by atoms with Gasteiger partial charge >= 0.3 is 5.97 Å². The van der Waals surface area contributed by atoms with Gasteiger partial charge in [0, 0.05) is 14.8 Å². The first-order valence-electron chi connectivity index (χ1n) is 13.4. The normalized spacial score (nSPS) is 14.5. The van der Waals surface area contributed by atoms with Crippen molar-refractivity contribution in [2.75, 3.05) is 20.3 Å². The van der Waals surface area contributed by atoms with Crippen LogP contribution in [0.25, 0.3) is 0 Å². The minimum absolute atomic E-state index is 0.219. The largest absolute Gasteiger partial charge is 0.493 e. The van der Waals surface area contributed by atoms with Crippen LogP contribution in [0.15, 0.2) is 77.0 Å². The zero-order chi connectivity index (χ0) is 31.6. The maximum atomic E-state index is 12.7. The monoisotopic (exact) mass is 748 g/mol. The average molecular weight is 749 g/mol. The molecule has 1 heterocycles. The summed E-state index contributed by atoms with van der Waals surface area (Å²) in [5.41, 5.74) is 5.56. The van der Waals surface area contributed by atoms with E-state index in [1.807, 2.05) is 24.3 Å². The van der Waals surface area contributed by atoms with E-state index in [0.29, 0.717) is 56.4 Å². The molecule has 0 saturated carbocycles. The molecule has 0 aromatic heterocycles. The summed E-state index contributed by atoms with van der Waals surface area (Å²) >= 11 is 14.0. The summed E-state index contributed by atoms with van der Waals surface area (Å²) in [6.45, 7) is 3.68. The van der Waals surface area contributed by atoms with E-state index in [9.17, 15) is 9.59 Å².